The molecule has 79 heavy (non-hydrogen) atoms. The number of amides is 2. The molecule has 424 valence electrons. The molecule has 11 atom stereocenters. The molecule has 1 aliphatic heterocycles. The number of thiocarbonyl (C=S) groups is 1. The molecule has 1 aromatic heterocycles. The number of pyridine rings is 1. The van der Waals surface area contributed by atoms with Crippen molar-refractivity contribution in [3.8, 4) is 0 Å². The van der Waals surface area contributed by atoms with Crippen LogP contribution < -0.4 is 21.8 Å². The van der Waals surface area contributed by atoms with Gasteiger partial charge in [-0.1, -0.05) is 90.9 Å². The van der Waals surface area contributed by atoms with Crippen LogP contribution >= 0.6 is 33.8 Å². The zero-order valence-corrected chi connectivity index (χ0v) is 46.9. The summed E-state index contributed by atoms with van der Waals surface area (Å²) >= 11 is 4.73. The molecule has 2 heterocycles. The molecule has 22 nitrogen and oxygen atoms in total. The second-order valence-electron chi connectivity index (χ2n) is 20.2. The van der Waals surface area contributed by atoms with Crippen LogP contribution in [-0.4, -0.2) is 141 Å². The first-order chi connectivity index (χ1) is 37.5. The van der Waals surface area contributed by atoms with E-state index in [2.05, 4.69) is 26.1 Å². The number of hydrogen-bond acceptors (Lipinski definition) is 21. The number of fused-ring (bicyclic) bond motifs is 5. The minimum absolute atomic E-state index is 0.0116. The van der Waals surface area contributed by atoms with Gasteiger partial charge >= 0.3 is 30.2 Å². The second kappa shape index (κ2) is 25.2. The number of nitrogens with two attached hydrogens (primary N) is 1. The van der Waals surface area contributed by atoms with Crippen LogP contribution in [0.5, 0.6) is 0 Å². The maximum atomic E-state index is 15.4. The minimum Gasteiger partial charge on any atom is -0.455 e. The van der Waals surface area contributed by atoms with Gasteiger partial charge in [0.2, 0.25) is 6.10 Å². The van der Waals surface area contributed by atoms with E-state index in [1.807, 2.05) is 0 Å². The third-order valence-corrected chi connectivity index (χ3v) is 17.6. The van der Waals surface area contributed by atoms with Crippen molar-refractivity contribution in [1.82, 2.24) is 15.7 Å². The standard InChI is InChI=1S/C54H64N6O16S3/c1-29-37(26-54(69)30(2)44-52(7,38(63)25-39-53(44,28-72-39)76-32(4)62)45(64)42(73-31(3)61)40(29)51(54,5)6)74-47(66)43(41(33-15-10-8-11-16-33)59-46(65)34-17-12-9-13-18-34)75-50(68)71-22-24-79-78-23-21-70-49(67)58-35-19-14-20-56-36(35)27-57-60-48(55)77/h8-20,27,30,37-39,41-44,63,69H,21-26,28H2,1-7H3,(H,58,67)(H,59,65)(H3,55,60,77)/b57-27+/t30-,37-,38-,39+,41-,42+,43+,44-,52+,53-,54+/m0/s1. The van der Waals surface area contributed by atoms with E-state index < -0.39 is 112 Å². The van der Waals surface area contributed by atoms with Crippen LogP contribution in [0.3, 0.4) is 0 Å². The molecule has 4 aliphatic rings. The largest absolute Gasteiger partial charge is 0.509 e. The Hall–Kier alpha value is -6.64. The van der Waals surface area contributed by atoms with Crippen LogP contribution in [-0.2, 0) is 52.3 Å². The number of ether oxygens (including phenoxy) is 7. The number of nitrogens with one attached hydrogen (secondary N) is 3. The van der Waals surface area contributed by atoms with Crippen LogP contribution in [0.25, 0.3) is 0 Å². The molecule has 7 N–H and O–H groups in total. The number of rotatable bonds is 19. The molecule has 0 radical (unpaired) electrons. The van der Waals surface area contributed by atoms with Gasteiger partial charge in [-0.2, -0.15) is 5.10 Å². The molecule has 3 aliphatic carbocycles. The van der Waals surface area contributed by atoms with Gasteiger partial charge in [0.15, 0.2) is 22.6 Å². The van der Waals surface area contributed by atoms with E-state index in [1.54, 1.807) is 100 Å². The molecule has 7 rings (SSSR count). The number of Topliss-reactive ketones (excluding diaryl/α,β-unsaturated/α-hetero) is 1. The zero-order chi connectivity index (χ0) is 57.5. The number of ketones is 1. The summed E-state index contributed by atoms with van der Waals surface area (Å²) in [6.07, 6.45) is -7.06. The average Bonchev–Trinajstić information content (AvgIpc) is 2.71. The fourth-order valence-electron chi connectivity index (χ4n) is 11.5. The quantitative estimate of drug-likeness (QED) is 0.0126. The van der Waals surface area contributed by atoms with Gasteiger partial charge in [0.05, 0.1) is 35.6 Å². The first-order valence-electron chi connectivity index (χ1n) is 25.3. The Morgan fingerprint density at radius 1 is 0.949 bits per heavy atom. The normalized spacial score (nSPS) is 27.4. The summed E-state index contributed by atoms with van der Waals surface area (Å²) in [6, 6.07) is 18.1. The van der Waals surface area contributed by atoms with Gasteiger partial charge in [-0.15, -0.1) is 0 Å². The van der Waals surface area contributed by atoms with E-state index >= 15 is 9.59 Å². The number of aliphatic hydroxyl groups excluding tert-OH is 1. The smallest absolute Gasteiger partial charge is 0.455 e. The van der Waals surface area contributed by atoms with E-state index in [0.717, 1.165) is 6.92 Å². The summed E-state index contributed by atoms with van der Waals surface area (Å²) in [4.78, 5) is 101. The fourth-order valence-corrected chi connectivity index (χ4v) is 13.2. The van der Waals surface area contributed by atoms with Crippen LogP contribution in [0.2, 0.25) is 0 Å². The molecule has 0 unspecified atom stereocenters. The Labute approximate surface area is 469 Å². The van der Waals surface area contributed by atoms with Crippen molar-refractivity contribution in [2.75, 3.05) is 36.6 Å². The number of esters is 3. The molecule has 2 saturated carbocycles. The average molecular weight is 1150 g/mol. The highest BCUT2D eigenvalue weighted by atomic mass is 33.1. The first kappa shape index (κ1) is 60.0. The Balaban J connectivity index is 1.12. The Kier molecular flexibility index (Phi) is 19.2. The molecule has 2 bridgehead atoms. The second-order valence-corrected chi connectivity index (χ2v) is 23.4. The van der Waals surface area contributed by atoms with Crippen molar-refractivity contribution in [3.63, 3.8) is 0 Å². The molecule has 2 aromatic carbocycles. The summed E-state index contributed by atoms with van der Waals surface area (Å²) in [7, 11) is 2.61. The highest BCUT2D eigenvalue weighted by molar-refractivity contribution is 8.76. The number of benzene rings is 2. The van der Waals surface area contributed by atoms with Gasteiger partial charge in [-0.05, 0) is 73.0 Å². The van der Waals surface area contributed by atoms with E-state index in [4.69, 9.17) is 51.1 Å². The Morgan fingerprint density at radius 3 is 2.23 bits per heavy atom. The number of aliphatic hydroxyl groups is 2. The first-order valence-corrected chi connectivity index (χ1v) is 28.2. The SMILES string of the molecule is CC(=O)O[C@H]1C(=O)[C@@]2(C)[C@H]([C@H](C)[C@]3(O)C[C@H](OC(=O)[C@H](OC(=O)OCCSSCCOC(=O)Nc4cccnc4/C=N/NC(N)=S)[C@@H](NC(=O)c4ccccc4)c4ccccc4)C(C)=C1C3(C)C)[C@]1(OC(C)=O)CO[C@@H]1C[C@@H]2O. The highest BCUT2D eigenvalue weighted by Crippen LogP contribution is 2.65. The Morgan fingerprint density at radius 2 is 1.61 bits per heavy atom. The van der Waals surface area contributed by atoms with Crippen molar-refractivity contribution in [2.24, 2.45) is 33.5 Å². The van der Waals surface area contributed by atoms with Crippen molar-refractivity contribution in [2.45, 2.75) is 109 Å². The van der Waals surface area contributed by atoms with Gasteiger partial charge in [-0.25, -0.2) is 14.4 Å². The lowest BCUT2D eigenvalue weighted by molar-refractivity contribution is -0.338. The molecule has 3 fully saturated rings. The van der Waals surface area contributed by atoms with Crippen LogP contribution in [0, 0.1) is 22.7 Å². The molecule has 2 amide bonds. The number of hydrogen-bond donors (Lipinski definition) is 6. The van der Waals surface area contributed by atoms with Crippen molar-refractivity contribution in [1.29, 1.82) is 0 Å². The topological polar surface area (TPSA) is 312 Å². The number of anilines is 1. The van der Waals surface area contributed by atoms with Crippen molar-refractivity contribution < 1.29 is 76.9 Å². The number of nitrogens with zero attached hydrogens (tertiary/aromatic N) is 2. The highest BCUT2D eigenvalue weighted by Gasteiger charge is 2.76. The molecule has 3 aromatic rings. The predicted molar refractivity (Wildman–Crippen MR) is 293 cm³/mol. The van der Waals surface area contributed by atoms with Gasteiger partial charge in [0.1, 0.15) is 37.2 Å². The monoisotopic (exact) mass is 1150 g/mol. The summed E-state index contributed by atoms with van der Waals surface area (Å²) in [5.74, 6) is -5.72. The van der Waals surface area contributed by atoms with E-state index in [9.17, 15) is 34.2 Å². The lowest BCUT2D eigenvalue weighted by Crippen LogP contribution is -2.79. The third kappa shape index (κ3) is 12.7. The number of carbonyl (C=O) groups excluding carboxylic acids is 7. The predicted octanol–water partition coefficient (Wildman–Crippen LogP) is 5.50. The van der Waals surface area contributed by atoms with Crippen LogP contribution in [0.4, 0.5) is 15.3 Å². The molecule has 25 heteroatoms. The lowest BCUT2D eigenvalue weighted by Gasteiger charge is -2.68. The van der Waals surface area contributed by atoms with Gasteiger partial charge in [0.25, 0.3) is 5.91 Å². The summed E-state index contributed by atoms with van der Waals surface area (Å²) in [5.41, 5.74) is 2.57. The number of carbonyl (C=O) groups is 7. The maximum Gasteiger partial charge on any atom is 0.509 e. The van der Waals surface area contributed by atoms with E-state index in [0.29, 0.717) is 22.7 Å². The number of aromatic nitrogens is 1. The van der Waals surface area contributed by atoms with Gasteiger partial charge in [-0.3, -0.25) is 34.9 Å². The fraction of sp³-hybridized carbons (Fsp3) is 0.481. The molecular formula is C54H64N6O16S3. The van der Waals surface area contributed by atoms with Crippen molar-refractivity contribution >= 4 is 92.7 Å². The molecule has 0 spiro atoms. The lowest BCUT2D eigenvalue weighted by atomic mass is 9.42. The minimum atomic E-state index is -2.00. The number of hydrazone groups is 1. The van der Waals surface area contributed by atoms with Gasteiger partial charge in [0, 0.05) is 61.3 Å². The maximum absolute atomic E-state index is 15.4. The summed E-state index contributed by atoms with van der Waals surface area (Å²) < 4.78 is 40.8. The molecule has 1 saturated heterocycles. The zero-order valence-electron chi connectivity index (χ0n) is 44.5. The van der Waals surface area contributed by atoms with Gasteiger partial charge < -0.3 is 54.4 Å². The summed E-state index contributed by atoms with van der Waals surface area (Å²) in [5, 5.41) is 34.7. The van der Waals surface area contributed by atoms with Crippen molar-refractivity contribution in [3.05, 3.63) is 107 Å². The van der Waals surface area contributed by atoms with Crippen LogP contribution in [0.15, 0.2) is 95.2 Å². The molecular weight excluding hydrogens is 1080 g/mol. The summed E-state index contributed by atoms with van der Waals surface area (Å²) in [6.45, 7) is 10.1. The van der Waals surface area contributed by atoms with E-state index in [-0.39, 0.29) is 60.2 Å². The van der Waals surface area contributed by atoms with E-state index in [1.165, 1.54) is 47.8 Å². The Bertz CT molecular complexity index is 2860. The third-order valence-electron chi connectivity index (χ3n) is 15.2. The van der Waals surface area contributed by atoms with Crippen LogP contribution in [0.1, 0.15) is 89.0 Å².